The average Bonchev–Trinajstić information content (AvgIpc) is 2.26. The Bertz CT molecular complexity index is 374. The van der Waals surface area contributed by atoms with Gasteiger partial charge in [0, 0.05) is 18.3 Å². The molecule has 1 saturated carbocycles. The van der Waals surface area contributed by atoms with Crippen molar-refractivity contribution in [3.05, 3.63) is 29.8 Å². The first-order chi connectivity index (χ1) is 8.06. The maximum absolute atomic E-state index is 9.29. The summed E-state index contributed by atoms with van der Waals surface area (Å²) in [5.74, 6) is 0.651. The zero-order valence-electron chi connectivity index (χ0n) is 10.6. The van der Waals surface area contributed by atoms with Crippen molar-refractivity contribution in [1.29, 1.82) is 0 Å². The van der Waals surface area contributed by atoms with Crippen LogP contribution in [0.25, 0.3) is 0 Å². The normalized spacial score (nSPS) is 25.6. The van der Waals surface area contributed by atoms with E-state index in [-0.39, 0.29) is 6.10 Å². The van der Waals surface area contributed by atoms with Gasteiger partial charge in [-0.25, -0.2) is 0 Å². The number of hydrogen-bond acceptors (Lipinski definition) is 3. The average molecular weight is 234 g/mol. The van der Waals surface area contributed by atoms with E-state index in [9.17, 15) is 5.11 Å². The van der Waals surface area contributed by atoms with Crippen LogP contribution in [-0.2, 0) is 0 Å². The lowest BCUT2D eigenvalue weighted by Crippen LogP contribution is -2.38. The third-order valence-electron chi connectivity index (χ3n) is 3.81. The summed E-state index contributed by atoms with van der Waals surface area (Å²) < 4.78 is 0. The van der Waals surface area contributed by atoms with E-state index in [4.69, 9.17) is 5.73 Å². The predicted molar refractivity (Wildman–Crippen MR) is 70.6 cm³/mol. The number of benzene rings is 1. The van der Waals surface area contributed by atoms with Crippen LogP contribution in [-0.4, -0.2) is 29.7 Å². The van der Waals surface area contributed by atoms with E-state index in [1.165, 1.54) is 5.56 Å². The molecule has 1 aromatic rings. The van der Waals surface area contributed by atoms with Gasteiger partial charge < -0.3 is 10.8 Å². The molecule has 3 N–H and O–H groups in total. The number of aliphatic hydroxyl groups is 1. The molecule has 0 amide bonds. The van der Waals surface area contributed by atoms with Crippen molar-refractivity contribution in [3.63, 3.8) is 0 Å². The van der Waals surface area contributed by atoms with Crippen molar-refractivity contribution in [3.8, 4) is 0 Å². The Labute approximate surface area is 103 Å². The largest absolute Gasteiger partial charge is 0.399 e. The van der Waals surface area contributed by atoms with Crippen LogP contribution in [0.5, 0.6) is 0 Å². The van der Waals surface area contributed by atoms with Crippen LogP contribution in [0.3, 0.4) is 0 Å². The molecule has 0 aliphatic heterocycles. The first-order valence-electron chi connectivity index (χ1n) is 6.30. The van der Waals surface area contributed by atoms with Gasteiger partial charge in [0.05, 0.1) is 6.10 Å². The summed E-state index contributed by atoms with van der Waals surface area (Å²) in [4.78, 5) is 2.34. The van der Waals surface area contributed by atoms with E-state index in [2.05, 4.69) is 24.9 Å². The molecule has 94 valence electrons. The lowest BCUT2D eigenvalue weighted by atomic mass is 9.82. The molecule has 0 bridgehead atoms. The number of nitrogen functional groups attached to an aromatic ring is 1. The van der Waals surface area contributed by atoms with Crippen molar-refractivity contribution < 1.29 is 5.11 Å². The van der Waals surface area contributed by atoms with Gasteiger partial charge in [-0.2, -0.15) is 0 Å². The Hall–Kier alpha value is -1.06. The summed E-state index contributed by atoms with van der Waals surface area (Å²) in [5, 5.41) is 9.29. The highest BCUT2D eigenvalue weighted by Gasteiger charge is 2.29. The van der Waals surface area contributed by atoms with Crippen LogP contribution < -0.4 is 5.73 Å². The number of anilines is 1. The van der Waals surface area contributed by atoms with Gasteiger partial charge in [-0.15, -0.1) is 0 Å². The molecule has 17 heavy (non-hydrogen) atoms. The molecule has 1 aliphatic rings. The minimum absolute atomic E-state index is 0.0592. The van der Waals surface area contributed by atoms with Gasteiger partial charge in [0.2, 0.25) is 0 Å². The molecule has 1 aliphatic carbocycles. The molecule has 1 aromatic carbocycles. The molecular formula is C14H22N2O. The van der Waals surface area contributed by atoms with Crippen molar-refractivity contribution in [1.82, 2.24) is 4.90 Å². The summed E-state index contributed by atoms with van der Waals surface area (Å²) in [6.45, 7) is 3.25. The fraction of sp³-hybridized carbons (Fsp3) is 0.571. The molecule has 0 saturated heterocycles. The second-order valence-electron chi connectivity index (χ2n) is 5.28. The smallest absolute Gasteiger partial charge is 0.0546 e. The molecule has 3 nitrogen and oxygen atoms in total. The lowest BCUT2D eigenvalue weighted by molar-refractivity contribution is 0.0230. The lowest BCUT2D eigenvalue weighted by Gasteiger charge is -2.36. The molecule has 1 unspecified atom stereocenters. The molecule has 0 spiro atoms. The first kappa shape index (κ1) is 12.4. The monoisotopic (exact) mass is 234 g/mol. The predicted octanol–water partition coefficient (Wildman–Crippen LogP) is 2.03. The third kappa shape index (κ3) is 2.99. The summed E-state index contributed by atoms with van der Waals surface area (Å²) in [5.41, 5.74) is 7.88. The Morgan fingerprint density at radius 3 is 2.76 bits per heavy atom. The minimum Gasteiger partial charge on any atom is -0.399 e. The molecular weight excluding hydrogens is 212 g/mol. The molecule has 1 fully saturated rings. The number of rotatable bonds is 4. The Morgan fingerprint density at radius 1 is 1.47 bits per heavy atom. The van der Waals surface area contributed by atoms with Crippen LogP contribution in [0, 0.1) is 5.92 Å². The molecule has 2 rings (SSSR count). The van der Waals surface area contributed by atoms with Crippen LogP contribution >= 0.6 is 0 Å². The van der Waals surface area contributed by atoms with Gasteiger partial charge in [-0.3, -0.25) is 4.90 Å². The fourth-order valence-electron chi connectivity index (χ4n) is 2.49. The van der Waals surface area contributed by atoms with Crippen molar-refractivity contribution >= 4 is 5.69 Å². The van der Waals surface area contributed by atoms with Crippen LogP contribution in [0.2, 0.25) is 0 Å². The number of nitrogens with two attached hydrogens (primary N) is 1. The van der Waals surface area contributed by atoms with Gasteiger partial charge in [-0.05, 0) is 50.4 Å². The van der Waals surface area contributed by atoms with Gasteiger partial charge in [0.15, 0.2) is 0 Å². The van der Waals surface area contributed by atoms with Gasteiger partial charge in [0.1, 0.15) is 0 Å². The fourth-order valence-corrected chi connectivity index (χ4v) is 2.49. The van der Waals surface area contributed by atoms with Crippen LogP contribution in [0.1, 0.15) is 31.4 Å². The van der Waals surface area contributed by atoms with E-state index in [1.54, 1.807) is 0 Å². The van der Waals surface area contributed by atoms with Gasteiger partial charge in [0.25, 0.3) is 0 Å². The van der Waals surface area contributed by atoms with Crippen LogP contribution in [0.4, 0.5) is 5.69 Å². The molecule has 0 radical (unpaired) electrons. The Kier molecular flexibility index (Phi) is 3.69. The standard InChI is InChI=1S/C14H22N2O/c1-10(12-4-3-5-13(15)8-12)16(2)9-11-6-14(17)7-11/h3-5,8,10-11,14,17H,6-7,9,15H2,1-2H3. The van der Waals surface area contributed by atoms with Crippen molar-refractivity contribution in [2.45, 2.75) is 31.9 Å². The second-order valence-corrected chi connectivity index (χ2v) is 5.28. The zero-order chi connectivity index (χ0) is 12.4. The summed E-state index contributed by atoms with van der Waals surface area (Å²) >= 11 is 0. The SMILES string of the molecule is CC(c1cccc(N)c1)N(C)CC1CC(O)C1. The van der Waals surface area contributed by atoms with E-state index >= 15 is 0 Å². The van der Waals surface area contributed by atoms with Crippen molar-refractivity contribution in [2.75, 3.05) is 19.3 Å². The summed E-state index contributed by atoms with van der Waals surface area (Å²) in [7, 11) is 2.14. The maximum Gasteiger partial charge on any atom is 0.0546 e. The number of nitrogens with zero attached hydrogens (tertiary/aromatic N) is 1. The number of hydrogen-bond donors (Lipinski definition) is 2. The second kappa shape index (κ2) is 5.07. The highest BCUT2D eigenvalue weighted by Crippen LogP contribution is 2.30. The minimum atomic E-state index is -0.0592. The van der Waals surface area contributed by atoms with Crippen LogP contribution in [0.15, 0.2) is 24.3 Å². The van der Waals surface area contributed by atoms with E-state index < -0.39 is 0 Å². The van der Waals surface area contributed by atoms with E-state index in [0.29, 0.717) is 12.0 Å². The quantitative estimate of drug-likeness (QED) is 0.784. The summed E-state index contributed by atoms with van der Waals surface area (Å²) in [6.07, 6.45) is 1.85. The molecule has 0 heterocycles. The Morgan fingerprint density at radius 2 is 2.18 bits per heavy atom. The molecule has 0 aromatic heterocycles. The first-order valence-corrected chi connectivity index (χ1v) is 6.30. The highest BCUT2D eigenvalue weighted by molar-refractivity contribution is 5.41. The third-order valence-corrected chi connectivity index (χ3v) is 3.81. The summed E-state index contributed by atoms with van der Waals surface area (Å²) in [6, 6.07) is 8.45. The van der Waals surface area contributed by atoms with Crippen molar-refractivity contribution in [2.24, 2.45) is 5.92 Å². The van der Waals surface area contributed by atoms with E-state index in [0.717, 1.165) is 25.1 Å². The molecule has 1 atom stereocenters. The topological polar surface area (TPSA) is 49.5 Å². The molecule has 3 heteroatoms. The zero-order valence-corrected chi connectivity index (χ0v) is 10.6. The highest BCUT2D eigenvalue weighted by atomic mass is 16.3. The Balaban J connectivity index is 1.92. The van der Waals surface area contributed by atoms with Gasteiger partial charge in [-0.1, -0.05) is 12.1 Å². The number of aliphatic hydroxyl groups excluding tert-OH is 1. The maximum atomic E-state index is 9.29. The van der Waals surface area contributed by atoms with E-state index in [1.807, 2.05) is 18.2 Å². The van der Waals surface area contributed by atoms with Gasteiger partial charge >= 0.3 is 0 Å².